The number of hydrogen-bond donors (Lipinski definition) is 1. The zero-order valence-corrected chi connectivity index (χ0v) is 16.5. The maximum Gasteiger partial charge on any atom is 0.290 e. The fourth-order valence-corrected chi connectivity index (χ4v) is 3.87. The van der Waals surface area contributed by atoms with E-state index < -0.39 is 17.8 Å². The lowest BCUT2D eigenvalue weighted by Crippen LogP contribution is -2.30. The van der Waals surface area contributed by atoms with Crippen LogP contribution in [0.5, 0.6) is 0 Å². The number of aliphatic hydroxyl groups excluding tert-OH is 1. The molecule has 0 spiro atoms. The Kier molecular flexibility index (Phi) is 5.12. The number of benzene rings is 3. The first kappa shape index (κ1) is 19.2. The Balaban J connectivity index is 1.85. The molecule has 0 fully saturated rings. The molecule has 5 heteroatoms. The molecule has 3 aromatic rings. The molecule has 1 aliphatic heterocycles. The minimum absolute atomic E-state index is 0.150. The van der Waals surface area contributed by atoms with Gasteiger partial charge in [-0.05, 0) is 30.2 Å². The van der Waals surface area contributed by atoms with Gasteiger partial charge in [-0.1, -0.05) is 77.8 Å². The van der Waals surface area contributed by atoms with E-state index in [0.717, 1.165) is 11.1 Å². The second-order valence-corrected chi connectivity index (χ2v) is 7.48. The van der Waals surface area contributed by atoms with E-state index >= 15 is 0 Å². The Morgan fingerprint density at radius 3 is 2.34 bits per heavy atom. The van der Waals surface area contributed by atoms with Gasteiger partial charge < -0.3 is 10.0 Å². The summed E-state index contributed by atoms with van der Waals surface area (Å²) in [4.78, 5) is 14.5. The number of carbonyl (C=O) groups is 1. The Labute approximate surface area is 173 Å². The molecule has 1 N–H and O–H groups in total. The molecule has 0 saturated carbocycles. The zero-order valence-electron chi connectivity index (χ0n) is 15.8. The molecule has 1 heterocycles. The van der Waals surface area contributed by atoms with Gasteiger partial charge in [-0.25, -0.2) is 4.39 Å². The van der Waals surface area contributed by atoms with Crippen molar-refractivity contribution in [1.82, 2.24) is 4.90 Å². The van der Waals surface area contributed by atoms with Crippen molar-refractivity contribution in [2.75, 3.05) is 0 Å². The van der Waals surface area contributed by atoms with Gasteiger partial charge in [0.15, 0.2) is 5.76 Å². The van der Waals surface area contributed by atoms with Crippen LogP contribution in [0, 0.1) is 12.7 Å². The molecule has 0 aromatic heterocycles. The molecule has 0 radical (unpaired) electrons. The van der Waals surface area contributed by atoms with Gasteiger partial charge in [-0.2, -0.15) is 0 Å². The number of carbonyl (C=O) groups excluding carboxylic acids is 1. The van der Waals surface area contributed by atoms with Crippen molar-refractivity contribution in [3.8, 4) is 0 Å². The first-order chi connectivity index (χ1) is 14.0. The lowest BCUT2D eigenvalue weighted by atomic mass is 9.92. The second kappa shape index (κ2) is 7.72. The van der Waals surface area contributed by atoms with Gasteiger partial charge in [-0.3, -0.25) is 4.79 Å². The van der Waals surface area contributed by atoms with E-state index in [9.17, 15) is 14.3 Å². The van der Waals surface area contributed by atoms with Gasteiger partial charge in [-0.15, -0.1) is 0 Å². The van der Waals surface area contributed by atoms with Gasteiger partial charge in [0.2, 0.25) is 0 Å². The van der Waals surface area contributed by atoms with Crippen molar-refractivity contribution in [2.45, 2.75) is 19.5 Å². The fraction of sp³-hybridized carbons (Fsp3) is 0.125. The van der Waals surface area contributed by atoms with Crippen LogP contribution in [0.1, 0.15) is 28.3 Å². The molecule has 0 saturated heterocycles. The van der Waals surface area contributed by atoms with Crippen LogP contribution in [0.4, 0.5) is 4.39 Å². The summed E-state index contributed by atoms with van der Waals surface area (Å²) >= 11 is 6.29. The van der Waals surface area contributed by atoms with Gasteiger partial charge in [0.25, 0.3) is 5.91 Å². The predicted octanol–water partition coefficient (Wildman–Crippen LogP) is 5.84. The Morgan fingerprint density at radius 1 is 1.00 bits per heavy atom. The van der Waals surface area contributed by atoms with Crippen molar-refractivity contribution in [3.63, 3.8) is 0 Å². The smallest absolute Gasteiger partial charge is 0.290 e. The van der Waals surface area contributed by atoms with E-state index in [1.807, 2.05) is 43.3 Å². The number of hydrogen-bond acceptors (Lipinski definition) is 2. The van der Waals surface area contributed by atoms with Crippen LogP contribution in [0.2, 0.25) is 5.02 Å². The first-order valence-corrected chi connectivity index (χ1v) is 9.64. The maximum atomic E-state index is 14.8. The molecule has 29 heavy (non-hydrogen) atoms. The van der Waals surface area contributed by atoms with Crippen molar-refractivity contribution in [2.24, 2.45) is 0 Å². The molecule has 146 valence electrons. The monoisotopic (exact) mass is 407 g/mol. The minimum Gasteiger partial charge on any atom is -0.503 e. The number of nitrogens with zero attached hydrogens (tertiary/aromatic N) is 1. The largest absolute Gasteiger partial charge is 0.503 e. The van der Waals surface area contributed by atoms with E-state index in [1.54, 1.807) is 30.3 Å². The number of halogens is 2. The molecular weight excluding hydrogens is 389 g/mol. The van der Waals surface area contributed by atoms with Crippen molar-refractivity contribution in [1.29, 1.82) is 0 Å². The summed E-state index contributed by atoms with van der Waals surface area (Å²) in [5, 5.41) is 11.3. The summed E-state index contributed by atoms with van der Waals surface area (Å²) in [5.41, 5.74) is 3.17. The van der Waals surface area contributed by atoms with E-state index in [2.05, 4.69) is 0 Å². The van der Waals surface area contributed by atoms with Crippen LogP contribution in [0.25, 0.3) is 5.57 Å². The molecule has 0 bridgehead atoms. The minimum atomic E-state index is -0.761. The zero-order chi connectivity index (χ0) is 20.5. The summed E-state index contributed by atoms with van der Waals surface area (Å²) in [6.45, 7) is 2.10. The lowest BCUT2D eigenvalue weighted by molar-refractivity contribution is -0.130. The van der Waals surface area contributed by atoms with Crippen molar-refractivity contribution >= 4 is 23.1 Å². The SMILES string of the molecule is Cc1ccc(C2=C(O)C(=O)N(Cc3ccccc3Cl)C2c2ccccc2F)cc1. The summed E-state index contributed by atoms with van der Waals surface area (Å²) in [6, 6.07) is 20.2. The third-order valence-electron chi connectivity index (χ3n) is 5.16. The van der Waals surface area contributed by atoms with E-state index in [0.29, 0.717) is 21.7 Å². The third kappa shape index (κ3) is 3.52. The molecule has 1 amide bonds. The van der Waals surface area contributed by atoms with Crippen LogP contribution < -0.4 is 0 Å². The molecule has 3 nitrogen and oxygen atoms in total. The van der Waals surface area contributed by atoms with E-state index in [-0.39, 0.29) is 12.3 Å². The topological polar surface area (TPSA) is 40.5 Å². The Hall–Kier alpha value is -3.11. The molecular formula is C24H19ClFNO2. The summed E-state index contributed by atoms with van der Waals surface area (Å²) in [7, 11) is 0. The molecule has 1 aliphatic rings. The molecule has 4 rings (SSSR count). The number of amides is 1. The Morgan fingerprint density at radius 2 is 1.66 bits per heavy atom. The summed E-state index contributed by atoms with van der Waals surface area (Å²) in [6.07, 6.45) is 0. The predicted molar refractivity (Wildman–Crippen MR) is 112 cm³/mol. The van der Waals surface area contributed by atoms with Gasteiger partial charge >= 0.3 is 0 Å². The quantitative estimate of drug-likeness (QED) is 0.590. The molecule has 0 aliphatic carbocycles. The average Bonchev–Trinajstić information content (AvgIpc) is 2.96. The Bertz CT molecular complexity index is 1110. The number of rotatable bonds is 4. The van der Waals surface area contributed by atoms with Crippen molar-refractivity contribution < 1.29 is 14.3 Å². The highest BCUT2D eigenvalue weighted by Gasteiger charge is 2.42. The van der Waals surface area contributed by atoms with Crippen LogP contribution in [-0.4, -0.2) is 15.9 Å². The number of aryl methyl sites for hydroxylation is 1. The summed E-state index contributed by atoms with van der Waals surface area (Å²) < 4.78 is 14.8. The highest BCUT2D eigenvalue weighted by atomic mass is 35.5. The lowest BCUT2D eigenvalue weighted by Gasteiger charge is -2.28. The summed E-state index contributed by atoms with van der Waals surface area (Å²) in [5.74, 6) is -1.35. The molecule has 3 aromatic carbocycles. The third-order valence-corrected chi connectivity index (χ3v) is 5.53. The van der Waals surface area contributed by atoms with E-state index in [1.165, 1.54) is 11.0 Å². The van der Waals surface area contributed by atoms with Crippen molar-refractivity contribution in [3.05, 3.63) is 112 Å². The van der Waals surface area contributed by atoms with Gasteiger partial charge in [0, 0.05) is 22.7 Å². The normalized spacial score (nSPS) is 16.6. The fourth-order valence-electron chi connectivity index (χ4n) is 3.68. The van der Waals surface area contributed by atoms with Crippen LogP contribution >= 0.6 is 11.6 Å². The van der Waals surface area contributed by atoms with Crippen LogP contribution in [0.15, 0.2) is 78.6 Å². The highest BCUT2D eigenvalue weighted by molar-refractivity contribution is 6.31. The first-order valence-electron chi connectivity index (χ1n) is 9.26. The molecule has 1 unspecified atom stereocenters. The second-order valence-electron chi connectivity index (χ2n) is 7.08. The number of aliphatic hydroxyl groups is 1. The van der Waals surface area contributed by atoms with Crippen LogP contribution in [-0.2, 0) is 11.3 Å². The van der Waals surface area contributed by atoms with E-state index in [4.69, 9.17) is 11.6 Å². The van der Waals surface area contributed by atoms with Gasteiger partial charge in [0.05, 0.1) is 6.04 Å². The maximum absolute atomic E-state index is 14.8. The van der Waals surface area contributed by atoms with Gasteiger partial charge in [0.1, 0.15) is 5.82 Å². The highest BCUT2D eigenvalue weighted by Crippen LogP contribution is 2.44. The average molecular weight is 408 g/mol. The molecule has 1 atom stereocenters. The van der Waals surface area contributed by atoms with Crippen LogP contribution in [0.3, 0.4) is 0 Å². The standard InChI is InChI=1S/C24H19ClFNO2/c1-15-10-12-16(13-11-15)21-22(18-7-3-5-9-20(18)26)27(24(29)23(21)28)14-17-6-2-4-8-19(17)25/h2-13,22,28H,14H2,1H3.